The first-order valence-corrected chi connectivity index (χ1v) is 9.28. The van der Waals surface area contributed by atoms with Crippen LogP contribution in [0.5, 0.6) is 0 Å². The third kappa shape index (κ3) is 3.15. The summed E-state index contributed by atoms with van der Waals surface area (Å²) in [7, 11) is -3.32. The Morgan fingerprint density at radius 1 is 1.26 bits per heavy atom. The molecule has 1 aliphatic rings. The number of hydrogen-bond donors (Lipinski definition) is 0. The molecule has 1 atom stereocenters. The molecule has 2 rings (SSSR count). The molecule has 1 aromatic carbocycles. The molecule has 1 heterocycles. The maximum absolute atomic E-state index is 12.6. The zero-order valence-electron chi connectivity index (χ0n) is 11.7. The molecule has 0 aliphatic carbocycles. The van der Waals surface area contributed by atoms with Crippen LogP contribution in [0.15, 0.2) is 23.1 Å². The first-order chi connectivity index (χ1) is 8.95. The molecule has 0 amide bonds. The molecular weight excluding hydrogens is 278 g/mol. The lowest BCUT2D eigenvalue weighted by Gasteiger charge is -2.31. The van der Waals surface area contributed by atoms with Gasteiger partial charge in [-0.05, 0) is 56.2 Å². The fourth-order valence-electron chi connectivity index (χ4n) is 2.34. The van der Waals surface area contributed by atoms with Crippen molar-refractivity contribution in [2.24, 2.45) is 0 Å². The standard InChI is InChI=1S/C14H21NO2S2/c1-11-6-7-14(9-12(11)2)19(16,17)15-8-4-5-13(10-15)18-3/h6-7,9,13H,4-5,8,10H2,1-3H3. The van der Waals surface area contributed by atoms with E-state index in [0.29, 0.717) is 23.2 Å². The summed E-state index contributed by atoms with van der Waals surface area (Å²) in [4.78, 5) is 0.428. The average Bonchev–Trinajstić information content (AvgIpc) is 2.41. The smallest absolute Gasteiger partial charge is 0.207 e. The van der Waals surface area contributed by atoms with Gasteiger partial charge in [-0.25, -0.2) is 8.42 Å². The van der Waals surface area contributed by atoms with Gasteiger partial charge in [0.1, 0.15) is 0 Å². The van der Waals surface area contributed by atoms with Crippen LogP contribution in [0.2, 0.25) is 0 Å². The second-order valence-corrected chi connectivity index (χ2v) is 8.19. The van der Waals surface area contributed by atoms with Gasteiger partial charge in [0, 0.05) is 18.3 Å². The van der Waals surface area contributed by atoms with Gasteiger partial charge in [-0.2, -0.15) is 16.1 Å². The number of piperidine rings is 1. The summed E-state index contributed by atoms with van der Waals surface area (Å²) in [5.74, 6) is 0. The number of nitrogens with zero attached hydrogens (tertiary/aromatic N) is 1. The number of sulfonamides is 1. The summed E-state index contributed by atoms with van der Waals surface area (Å²) in [6, 6.07) is 5.39. The van der Waals surface area contributed by atoms with Gasteiger partial charge in [0.15, 0.2) is 0 Å². The molecule has 19 heavy (non-hydrogen) atoms. The van der Waals surface area contributed by atoms with Crippen molar-refractivity contribution in [3.8, 4) is 0 Å². The number of aryl methyl sites for hydroxylation is 2. The Balaban J connectivity index is 2.28. The molecule has 1 fully saturated rings. The number of rotatable bonds is 3. The first-order valence-electron chi connectivity index (χ1n) is 6.55. The highest BCUT2D eigenvalue weighted by Crippen LogP contribution is 2.26. The topological polar surface area (TPSA) is 37.4 Å². The van der Waals surface area contributed by atoms with E-state index >= 15 is 0 Å². The minimum atomic E-state index is -3.32. The second kappa shape index (κ2) is 5.85. The molecule has 0 N–H and O–H groups in total. The van der Waals surface area contributed by atoms with Crippen molar-refractivity contribution in [3.05, 3.63) is 29.3 Å². The van der Waals surface area contributed by atoms with Crippen LogP contribution in [-0.2, 0) is 10.0 Å². The third-order valence-electron chi connectivity index (χ3n) is 3.79. The molecule has 106 valence electrons. The molecule has 3 nitrogen and oxygen atoms in total. The molecule has 1 aliphatic heterocycles. The second-order valence-electron chi connectivity index (χ2n) is 5.11. The van der Waals surface area contributed by atoms with E-state index in [-0.39, 0.29) is 0 Å². The zero-order valence-corrected chi connectivity index (χ0v) is 13.4. The van der Waals surface area contributed by atoms with Crippen LogP contribution in [0.4, 0.5) is 0 Å². The van der Waals surface area contributed by atoms with E-state index in [9.17, 15) is 8.42 Å². The molecule has 5 heteroatoms. The van der Waals surface area contributed by atoms with E-state index in [1.807, 2.05) is 19.9 Å². The molecule has 1 unspecified atom stereocenters. The Morgan fingerprint density at radius 3 is 2.63 bits per heavy atom. The van der Waals surface area contributed by atoms with E-state index in [0.717, 1.165) is 24.0 Å². The Kier molecular flexibility index (Phi) is 4.58. The molecule has 0 spiro atoms. The van der Waals surface area contributed by atoms with Gasteiger partial charge in [-0.1, -0.05) is 6.07 Å². The largest absolute Gasteiger partial charge is 0.243 e. The predicted octanol–water partition coefficient (Wildman–Crippen LogP) is 2.82. The van der Waals surface area contributed by atoms with Crippen LogP contribution >= 0.6 is 11.8 Å². The lowest BCUT2D eigenvalue weighted by atomic mass is 10.1. The summed E-state index contributed by atoms with van der Waals surface area (Å²) in [6.07, 6.45) is 4.12. The van der Waals surface area contributed by atoms with Crippen LogP contribution in [0.25, 0.3) is 0 Å². The van der Waals surface area contributed by atoms with Crippen molar-refractivity contribution in [3.63, 3.8) is 0 Å². The Hall–Kier alpha value is -0.520. The van der Waals surface area contributed by atoms with Gasteiger partial charge in [-0.3, -0.25) is 0 Å². The van der Waals surface area contributed by atoms with Crippen LogP contribution in [0, 0.1) is 13.8 Å². The Morgan fingerprint density at radius 2 is 2.00 bits per heavy atom. The van der Waals surface area contributed by atoms with E-state index < -0.39 is 10.0 Å². The molecule has 1 saturated heterocycles. The maximum atomic E-state index is 12.6. The predicted molar refractivity (Wildman–Crippen MR) is 81.2 cm³/mol. The van der Waals surface area contributed by atoms with Crippen LogP contribution < -0.4 is 0 Å². The van der Waals surface area contributed by atoms with Crippen molar-refractivity contribution in [2.45, 2.75) is 36.8 Å². The highest BCUT2D eigenvalue weighted by Gasteiger charge is 2.29. The lowest BCUT2D eigenvalue weighted by Crippen LogP contribution is -2.41. The van der Waals surface area contributed by atoms with Gasteiger partial charge in [0.25, 0.3) is 0 Å². The van der Waals surface area contributed by atoms with E-state index in [2.05, 4.69) is 6.26 Å². The summed E-state index contributed by atoms with van der Waals surface area (Å²) in [6.45, 7) is 5.23. The summed E-state index contributed by atoms with van der Waals surface area (Å²) in [5.41, 5.74) is 2.15. The summed E-state index contributed by atoms with van der Waals surface area (Å²) < 4.78 is 26.9. The fraction of sp³-hybridized carbons (Fsp3) is 0.571. The van der Waals surface area contributed by atoms with Crippen LogP contribution in [0.1, 0.15) is 24.0 Å². The monoisotopic (exact) mass is 299 g/mol. The van der Waals surface area contributed by atoms with Crippen molar-refractivity contribution < 1.29 is 8.42 Å². The molecule has 0 bridgehead atoms. The molecule has 0 radical (unpaired) electrons. The minimum absolute atomic E-state index is 0.426. The van der Waals surface area contributed by atoms with Crippen LogP contribution in [-0.4, -0.2) is 37.3 Å². The van der Waals surface area contributed by atoms with Crippen molar-refractivity contribution >= 4 is 21.8 Å². The van der Waals surface area contributed by atoms with Gasteiger partial charge in [0.05, 0.1) is 4.90 Å². The zero-order chi connectivity index (χ0) is 14.0. The maximum Gasteiger partial charge on any atom is 0.243 e. The summed E-state index contributed by atoms with van der Waals surface area (Å²) >= 11 is 1.76. The molecule has 0 saturated carbocycles. The molecule has 1 aromatic rings. The van der Waals surface area contributed by atoms with E-state index in [4.69, 9.17) is 0 Å². The highest BCUT2D eigenvalue weighted by molar-refractivity contribution is 7.99. The first kappa shape index (κ1) is 14.9. The summed E-state index contributed by atoms with van der Waals surface area (Å²) in [5, 5.41) is 0.426. The fourth-order valence-corrected chi connectivity index (χ4v) is 4.77. The normalized spacial score (nSPS) is 21.5. The number of thioether (sulfide) groups is 1. The van der Waals surface area contributed by atoms with Gasteiger partial charge in [-0.15, -0.1) is 0 Å². The van der Waals surface area contributed by atoms with Crippen molar-refractivity contribution in [1.29, 1.82) is 0 Å². The van der Waals surface area contributed by atoms with Crippen molar-refractivity contribution in [2.75, 3.05) is 19.3 Å². The van der Waals surface area contributed by atoms with Crippen molar-refractivity contribution in [1.82, 2.24) is 4.31 Å². The minimum Gasteiger partial charge on any atom is -0.207 e. The molecule has 0 aromatic heterocycles. The highest BCUT2D eigenvalue weighted by atomic mass is 32.2. The van der Waals surface area contributed by atoms with Gasteiger partial charge < -0.3 is 0 Å². The Labute approximate surface area is 120 Å². The van der Waals surface area contributed by atoms with Gasteiger partial charge in [0.2, 0.25) is 10.0 Å². The third-order valence-corrected chi connectivity index (χ3v) is 6.70. The number of hydrogen-bond acceptors (Lipinski definition) is 3. The number of benzene rings is 1. The van der Waals surface area contributed by atoms with E-state index in [1.54, 1.807) is 28.2 Å². The van der Waals surface area contributed by atoms with Gasteiger partial charge >= 0.3 is 0 Å². The van der Waals surface area contributed by atoms with E-state index in [1.165, 1.54) is 0 Å². The van der Waals surface area contributed by atoms with Crippen LogP contribution in [0.3, 0.4) is 0 Å². The lowest BCUT2D eigenvalue weighted by molar-refractivity contribution is 0.353. The SMILES string of the molecule is CSC1CCCN(S(=O)(=O)c2ccc(C)c(C)c2)C1. The Bertz CT molecular complexity index is 555. The quantitative estimate of drug-likeness (QED) is 0.861. The average molecular weight is 299 g/mol. The molecular formula is C14H21NO2S2.